The van der Waals surface area contributed by atoms with Crippen molar-refractivity contribution in [1.82, 2.24) is 4.98 Å². The molecule has 1 aromatic heterocycles. The van der Waals surface area contributed by atoms with Crippen molar-refractivity contribution < 1.29 is 0 Å². The van der Waals surface area contributed by atoms with E-state index in [-0.39, 0.29) is 0 Å². The monoisotopic (exact) mass is 229 g/mol. The lowest BCUT2D eigenvalue weighted by Crippen LogP contribution is -2.08. The summed E-state index contributed by atoms with van der Waals surface area (Å²) < 4.78 is 0. The maximum atomic E-state index is 5.52. The van der Waals surface area contributed by atoms with E-state index in [1.807, 2.05) is 36.4 Å². The summed E-state index contributed by atoms with van der Waals surface area (Å²) in [5, 5.41) is 3.22. The van der Waals surface area contributed by atoms with Crippen molar-refractivity contribution in [3.63, 3.8) is 0 Å². The molecule has 0 spiro atoms. The Kier molecular flexibility index (Phi) is 3.12. The molecule has 0 bridgehead atoms. The highest BCUT2D eigenvalue weighted by molar-refractivity contribution is 7.80. The quantitative estimate of drug-likeness (QED) is 0.794. The normalized spacial score (nSPS) is 9.75. The number of thiocarbonyl (C=S) groups is 1. The third-order valence-corrected chi connectivity index (χ3v) is 2.36. The Morgan fingerprint density at radius 2 is 1.88 bits per heavy atom. The second-order valence-corrected chi connectivity index (χ2v) is 3.75. The minimum absolute atomic E-state index is 0.410. The van der Waals surface area contributed by atoms with Crippen molar-refractivity contribution in [1.29, 1.82) is 0 Å². The number of hydrogen-bond donors (Lipinski definition) is 2. The zero-order valence-electron chi connectivity index (χ0n) is 8.55. The number of benzene rings is 1. The summed E-state index contributed by atoms with van der Waals surface area (Å²) in [5.74, 6) is 0. The highest BCUT2D eigenvalue weighted by Gasteiger charge is 1.97. The van der Waals surface area contributed by atoms with Crippen LogP contribution in [0.3, 0.4) is 0 Å². The smallest absolute Gasteiger partial charge is 0.103 e. The maximum absolute atomic E-state index is 5.52. The second-order valence-electron chi connectivity index (χ2n) is 3.31. The van der Waals surface area contributed by atoms with Crippen LogP contribution in [-0.2, 0) is 0 Å². The van der Waals surface area contributed by atoms with Crippen LogP contribution >= 0.6 is 12.2 Å². The molecule has 0 amide bonds. The summed E-state index contributed by atoms with van der Waals surface area (Å²) in [6.07, 6.45) is 3.50. The van der Waals surface area contributed by atoms with Gasteiger partial charge in [-0.2, -0.15) is 0 Å². The van der Waals surface area contributed by atoms with Crippen LogP contribution in [0, 0.1) is 0 Å². The summed E-state index contributed by atoms with van der Waals surface area (Å²) in [5.41, 5.74) is 8.31. The van der Waals surface area contributed by atoms with Crippen molar-refractivity contribution in [2.75, 3.05) is 5.32 Å². The van der Waals surface area contributed by atoms with Crippen LogP contribution < -0.4 is 11.1 Å². The topological polar surface area (TPSA) is 50.9 Å². The van der Waals surface area contributed by atoms with Gasteiger partial charge in [-0.25, -0.2) is 0 Å². The van der Waals surface area contributed by atoms with Gasteiger partial charge in [0.25, 0.3) is 0 Å². The van der Waals surface area contributed by atoms with Gasteiger partial charge < -0.3 is 11.1 Å². The number of aromatic nitrogens is 1. The number of nitrogens with one attached hydrogen (secondary N) is 1. The Morgan fingerprint density at radius 3 is 2.44 bits per heavy atom. The second kappa shape index (κ2) is 4.72. The number of rotatable bonds is 3. The van der Waals surface area contributed by atoms with Gasteiger partial charge in [-0.1, -0.05) is 12.2 Å². The van der Waals surface area contributed by atoms with Gasteiger partial charge in [0.2, 0.25) is 0 Å². The van der Waals surface area contributed by atoms with E-state index in [1.54, 1.807) is 12.4 Å². The fraction of sp³-hybridized carbons (Fsp3) is 0. The number of nitrogens with two attached hydrogens (primary N) is 1. The highest BCUT2D eigenvalue weighted by atomic mass is 32.1. The standard InChI is InChI=1S/C12H11N3S/c13-12(16)9-3-5-10(6-4-9)15-11-2-1-7-14-8-11/h1-8,15H,(H2,13,16). The first kappa shape index (κ1) is 10.6. The van der Waals surface area contributed by atoms with Gasteiger partial charge in [0, 0.05) is 17.4 Å². The molecule has 2 aromatic rings. The zero-order valence-corrected chi connectivity index (χ0v) is 9.37. The Morgan fingerprint density at radius 1 is 1.12 bits per heavy atom. The first-order valence-electron chi connectivity index (χ1n) is 4.82. The molecular formula is C12H11N3S. The third kappa shape index (κ3) is 2.55. The lowest BCUT2D eigenvalue weighted by atomic mass is 10.2. The van der Waals surface area contributed by atoms with Crippen LogP contribution in [0.5, 0.6) is 0 Å². The Labute approximate surface area is 99.3 Å². The lowest BCUT2D eigenvalue weighted by Gasteiger charge is -2.06. The first-order valence-corrected chi connectivity index (χ1v) is 5.23. The van der Waals surface area contributed by atoms with Gasteiger partial charge in [-0.3, -0.25) is 4.98 Å². The summed E-state index contributed by atoms with van der Waals surface area (Å²) in [6.45, 7) is 0. The zero-order chi connectivity index (χ0) is 11.4. The Hall–Kier alpha value is -1.94. The molecule has 0 saturated heterocycles. The first-order chi connectivity index (χ1) is 7.75. The fourth-order valence-electron chi connectivity index (χ4n) is 1.32. The molecule has 3 nitrogen and oxygen atoms in total. The minimum Gasteiger partial charge on any atom is -0.389 e. The minimum atomic E-state index is 0.410. The molecule has 0 radical (unpaired) electrons. The summed E-state index contributed by atoms with van der Waals surface area (Å²) >= 11 is 4.88. The molecule has 0 aliphatic heterocycles. The van der Waals surface area contributed by atoms with E-state index in [9.17, 15) is 0 Å². The molecule has 1 aromatic carbocycles. The van der Waals surface area contributed by atoms with Gasteiger partial charge >= 0.3 is 0 Å². The van der Waals surface area contributed by atoms with Crippen LogP contribution in [0.1, 0.15) is 5.56 Å². The molecule has 1 heterocycles. The average molecular weight is 229 g/mol. The van der Waals surface area contributed by atoms with Crippen molar-refractivity contribution in [2.24, 2.45) is 5.73 Å². The maximum Gasteiger partial charge on any atom is 0.103 e. The van der Waals surface area contributed by atoms with Gasteiger partial charge in [-0.05, 0) is 36.4 Å². The van der Waals surface area contributed by atoms with Crippen molar-refractivity contribution >= 4 is 28.6 Å². The molecular weight excluding hydrogens is 218 g/mol. The number of nitrogens with zero attached hydrogens (tertiary/aromatic N) is 1. The van der Waals surface area contributed by atoms with Gasteiger partial charge in [0.05, 0.1) is 11.9 Å². The van der Waals surface area contributed by atoms with Crippen LogP contribution in [0.2, 0.25) is 0 Å². The van der Waals surface area contributed by atoms with Crippen molar-refractivity contribution in [3.8, 4) is 0 Å². The third-order valence-electron chi connectivity index (χ3n) is 2.12. The lowest BCUT2D eigenvalue weighted by molar-refractivity contribution is 1.32. The van der Waals surface area contributed by atoms with Gasteiger partial charge in [-0.15, -0.1) is 0 Å². The van der Waals surface area contributed by atoms with Crippen molar-refractivity contribution in [2.45, 2.75) is 0 Å². The summed E-state index contributed by atoms with van der Waals surface area (Å²) in [7, 11) is 0. The molecule has 80 valence electrons. The van der Waals surface area contributed by atoms with Crippen molar-refractivity contribution in [3.05, 3.63) is 54.4 Å². The van der Waals surface area contributed by atoms with E-state index in [0.29, 0.717) is 4.99 Å². The molecule has 3 N–H and O–H groups in total. The molecule has 0 aliphatic carbocycles. The molecule has 0 fully saturated rings. The highest BCUT2D eigenvalue weighted by Crippen LogP contribution is 2.15. The molecule has 16 heavy (non-hydrogen) atoms. The van der Waals surface area contributed by atoms with E-state index in [2.05, 4.69) is 10.3 Å². The molecule has 0 saturated carbocycles. The number of anilines is 2. The molecule has 0 unspecified atom stereocenters. The van der Waals surface area contributed by atoms with E-state index < -0.39 is 0 Å². The van der Waals surface area contributed by atoms with Crippen LogP contribution in [0.15, 0.2) is 48.8 Å². The molecule has 4 heteroatoms. The number of pyridine rings is 1. The molecule has 0 atom stereocenters. The summed E-state index contributed by atoms with van der Waals surface area (Å²) in [6, 6.07) is 11.5. The SMILES string of the molecule is NC(=S)c1ccc(Nc2cccnc2)cc1. The van der Waals surface area contributed by atoms with E-state index in [0.717, 1.165) is 16.9 Å². The van der Waals surface area contributed by atoms with Crippen LogP contribution in [-0.4, -0.2) is 9.97 Å². The summed E-state index contributed by atoms with van der Waals surface area (Å²) in [4.78, 5) is 4.43. The van der Waals surface area contributed by atoms with E-state index >= 15 is 0 Å². The van der Waals surface area contributed by atoms with Gasteiger partial charge in [0.1, 0.15) is 4.99 Å². The predicted octanol–water partition coefficient (Wildman–Crippen LogP) is 2.46. The Bertz CT molecular complexity index is 479. The predicted molar refractivity (Wildman–Crippen MR) is 69.8 cm³/mol. The largest absolute Gasteiger partial charge is 0.389 e. The van der Waals surface area contributed by atoms with Gasteiger partial charge in [0.15, 0.2) is 0 Å². The molecule has 0 aliphatic rings. The number of hydrogen-bond acceptors (Lipinski definition) is 3. The average Bonchev–Trinajstić information content (AvgIpc) is 2.31. The molecule has 2 rings (SSSR count). The van der Waals surface area contributed by atoms with Crippen LogP contribution in [0.4, 0.5) is 11.4 Å². The van der Waals surface area contributed by atoms with Crippen LogP contribution in [0.25, 0.3) is 0 Å². The Balaban J connectivity index is 2.14. The van der Waals surface area contributed by atoms with E-state index in [4.69, 9.17) is 18.0 Å². The fourth-order valence-corrected chi connectivity index (χ4v) is 1.46. The van der Waals surface area contributed by atoms with E-state index in [1.165, 1.54) is 0 Å².